The van der Waals surface area contributed by atoms with Crippen molar-refractivity contribution in [3.8, 4) is 23.6 Å². The number of carbonyl (C=O) groups is 1. The number of hydrogen-bond donors (Lipinski definition) is 1. The molecule has 0 unspecified atom stereocenters. The van der Waals surface area contributed by atoms with Crippen molar-refractivity contribution in [2.45, 2.75) is 6.61 Å². The number of amides is 1. The van der Waals surface area contributed by atoms with Gasteiger partial charge < -0.3 is 9.47 Å². The number of halogens is 2. The van der Waals surface area contributed by atoms with E-state index in [0.717, 1.165) is 11.6 Å². The van der Waals surface area contributed by atoms with Crippen LogP contribution in [0.5, 0.6) is 11.5 Å². The second-order valence-electron chi connectivity index (χ2n) is 6.59. The Bertz CT molecular complexity index is 1310. The van der Waals surface area contributed by atoms with Crippen LogP contribution in [-0.4, -0.2) is 19.2 Å². The van der Waals surface area contributed by atoms with Crippen molar-refractivity contribution in [2.75, 3.05) is 7.11 Å². The van der Waals surface area contributed by atoms with Gasteiger partial charge in [-0.25, -0.2) is 9.82 Å². The van der Waals surface area contributed by atoms with Gasteiger partial charge in [0.05, 0.1) is 42.2 Å². The molecule has 0 aliphatic rings. The molecule has 9 heteroatoms. The number of hydrogen-bond acceptors (Lipinski definition) is 6. The largest absolute Gasteiger partial charge is 0.493 e. The molecule has 0 aliphatic carbocycles. The summed E-state index contributed by atoms with van der Waals surface area (Å²) in [4.78, 5) is 12.2. The highest BCUT2D eigenvalue weighted by Gasteiger charge is 2.13. The molecule has 3 rings (SSSR count). The van der Waals surface area contributed by atoms with Gasteiger partial charge in [0.1, 0.15) is 12.4 Å². The predicted octanol–water partition coefficient (Wildman–Crippen LogP) is 4.68. The topological polar surface area (TPSA) is 108 Å². The first-order valence-corrected chi connectivity index (χ1v) is 10.3. The van der Waals surface area contributed by atoms with Crippen molar-refractivity contribution >= 4 is 28.1 Å². The molecule has 0 bridgehead atoms. The van der Waals surface area contributed by atoms with Crippen molar-refractivity contribution in [1.29, 1.82) is 10.5 Å². The number of ether oxygens (including phenoxy) is 2. The molecule has 0 saturated carbocycles. The standard InChI is InChI=1S/C24H16BrFN4O3/c1-32-22-9-18(13-29-30-24(31)19-7-6-15(11-27)8-21(19)26)20(25)10-23(22)33-14-17-5-3-2-4-16(17)12-28/h2-10,13H,14H2,1H3,(H,30,31)/b29-13-. The average molecular weight is 507 g/mol. The first-order valence-electron chi connectivity index (χ1n) is 9.48. The molecule has 0 radical (unpaired) electrons. The normalized spacial score (nSPS) is 10.3. The fourth-order valence-corrected chi connectivity index (χ4v) is 3.25. The third kappa shape index (κ3) is 5.73. The van der Waals surface area contributed by atoms with Crippen LogP contribution in [-0.2, 0) is 6.61 Å². The molecular formula is C24H16BrFN4O3. The van der Waals surface area contributed by atoms with E-state index in [9.17, 15) is 14.4 Å². The van der Waals surface area contributed by atoms with Gasteiger partial charge >= 0.3 is 0 Å². The summed E-state index contributed by atoms with van der Waals surface area (Å²) >= 11 is 3.42. The van der Waals surface area contributed by atoms with Crippen molar-refractivity contribution in [2.24, 2.45) is 5.10 Å². The molecule has 33 heavy (non-hydrogen) atoms. The number of methoxy groups -OCH3 is 1. The van der Waals surface area contributed by atoms with E-state index in [2.05, 4.69) is 32.5 Å². The van der Waals surface area contributed by atoms with Crippen LogP contribution in [0.3, 0.4) is 0 Å². The summed E-state index contributed by atoms with van der Waals surface area (Å²) in [5.41, 5.74) is 3.96. The summed E-state index contributed by atoms with van der Waals surface area (Å²) < 4.78 is 25.8. The third-order valence-electron chi connectivity index (χ3n) is 4.52. The lowest BCUT2D eigenvalue weighted by Crippen LogP contribution is -2.19. The predicted molar refractivity (Wildman–Crippen MR) is 122 cm³/mol. The van der Waals surface area contributed by atoms with Crippen LogP contribution in [0.1, 0.15) is 32.6 Å². The van der Waals surface area contributed by atoms with Crippen molar-refractivity contribution in [1.82, 2.24) is 5.43 Å². The highest BCUT2D eigenvalue weighted by Crippen LogP contribution is 2.33. The van der Waals surface area contributed by atoms with E-state index >= 15 is 0 Å². The summed E-state index contributed by atoms with van der Waals surface area (Å²) in [6.07, 6.45) is 1.36. The van der Waals surface area contributed by atoms with Gasteiger partial charge in [0.15, 0.2) is 11.5 Å². The summed E-state index contributed by atoms with van der Waals surface area (Å²) in [7, 11) is 1.48. The number of nitriles is 2. The molecule has 0 atom stereocenters. The minimum Gasteiger partial charge on any atom is -0.493 e. The van der Waals surface area contributed by atoms with Crippen LogP contribution in [0, 0.1) is 28.5 Å². The van der Waals surface area contributed by atoms with Gasteiger partial charge in [-0.3, -0.25) is 4.79 Å². The van der Waals surface area contributed by atoms with Gasteiger partial charge in [-0.1, -0.05) is 18.2 Å². The van der Waals surface area contributed by atoms with Gasteiger partial charge in [-0.15, -0.1) is 0 Å². The Morgan fingerprint density at radius 3 is 2.64 bits per heavy atom. The number of nitrogens with zero attached hydrogens (tertiary/aromatic N) is 3. The Labute approximate surface area is 197 Å². The summed E-state index contributed by atoms with van der Waals surface area (Å²) in [6, 6.07) is 17.9. The summed E-state index contributed by atoms with van der Waals surface area (Å²) in [5, 5.41) is 21.9. The minimum atomic E-state index is -0.816. The lowest BCUT2D eigenvalue weighted by Gasteiger charge is -2.13. The smallest absolute Gasteiger partial charge is 0.274 e. The van der Waals surface area contributed by atoms with Crippen molar-refractivity contribution in [3.05, 3.63) is 92.7 Å². The molecule has 1 N–H and O–H groups in total. The van der Waals surface area contributed by atoms with E-state index < -0.39 is 11.7 Å². The molecule has 0 saturated heterocycles. The van der Waals surface area contributed by atoms with E-state index in [1.54, 1.807) is 36.4 Å². The third-order valence-corrected chi connectivity index (χ3v) is 5.20. The van der Waals surface area contributed by atoms with Crippen LogP contribution in [0.4, 0.5) is 4.39 Å². The lowest BCUT2D eigenvalue weighted by atomic mass is 10.1. The summed E-state index contributed by atoms with van der Waals surface area (Å²) in [6.45, 7) is 0.173. The van der Waals surface area contributed by atoms with Crippen LogP contribution in [0.2, 0.25) is 0 Å². The zero-order valence-corrected chi connectivity index (χ0v) is 18.9. The number of benzene rings is 3. The Morgan fingerprint density at radius 2 is 1.94 bits per heavy atom. The molecule has 0 aliphatic heterocycles. The zero-order valence-electron chi connectivity index (χ0n) is 17.3. The van der Waals surface area contributed by atoms with Crippen molar-refractivity contribution < 1.29 is 18.7 Å². The highest BCUT2D eigenvalue weighted by atomic mass is 79.9. The second-order valence-corrected chi connectivity index (χ2v) is 7.44. The van der Waals surface area contributed by atoms with E-state index in [4.69, 9.17) is 14.7 Å². The molecule has 0 aromatic heterocycles. The fourth-order valence-electron chi connectivity index (χ4n) is 2.82. The Kier molecular flexibility index (Phi) is 7.74. The molecule has 164 valence electrons. The SMILES string of the molecule is COc1cc(/C=N\NC(=O)c2ccc(C#N)cc2F)c(Br)cc1OCc1ccccc1C#N. The molecule has 0 fully saturated rings. The number of carbonyl (C=O) groups excluding carboxylic acids is 1. The zero-order chi connectivity index (χ0) is 23.8. The molecule has 3 aromatic rings. The van der Waals surface area contributed by atoms with Crippen LogP contribution >= 0.6 is 15.9 Å². The molecule has 1 amide bonds. The summed E-state index contributed by atoms with van der Waals surface area (Å²) in [5.74, 6) is -0.715. The number of hydrazone groups is 1. The van der Waals surface area contributed by atoms with E-state index in [1.807, 2.05) is 6.07 Å². The van der Waals surface area contributed by atoms with Crippen molar-refractivity contribution in [3.63, 3.8) is 0 Å². The molecule has 7 nitrogen and oxygen atoms in total. The van der Waals surface area contributed by atoms with E-state index in [0.29, 0.717) is 27.1 Å². The van der Waals surface area contributed by atoms with Gasteiger partial charge in [-0.05, 0) is 52.3 Å². The first-order chi connectivity index (χ1) is 16.0. The molecule has 3 aromatic carbocycles. The number of rotatable bonds is 7. The Hall–Kier alpha value is -4.21. The first kappa shape index (κ1) is 23.5. The van der Waals surface area contributed by atoms with Gasteiger partial charge in [0.25, 0.3) is 5.91 Å². The highest BCUT2D eigenvalue weighted by molar-refractivity contribution is 9.10. The number of nitrogens with one attached hydrogen (secondary N) is 1. The Balaban J connectivity index is 1.73. The van der Waals surface area contributed by atoms with Crippen LogP contribution in [0.25, 0.3) is 0 Å². The Morgan fingerprint density at radius 1 is 1.15 bits per heavy atom. The molecule has 0 spiro atoms. The fraction of sp³-hybridized carbons (Fsp3) is 0.0833. The quantitative estimate of drug-likeness (QED) is 0.369. The minimum absolute atomic E-state index is 0.113. The maximum absolute atomic E-state index is 14.0. The lowest BCUT2D eigenvalue weighted by molar-refractivity contribution is 0.0951. The van der Waals surface area contributed by atoms with Crippen LogP contribution < -0.4 is 14.9 Å². The van der Waals surface area contributed by atoms with Gasteiger partial charge in [0, 0.05) is 15.6 Å². The molecular weight excluding hydrogens is 491 g/mol. The maximum Gasteiger partial charge on any atom is 0.274 e. The van der Waals surface area contributed by atoms with E-state index in [-0.39, 0.29) is 17.7 Å². The monoisotopic (exact) mass is 506 g/mol. The van der Waals surface area contributed by atoms with Crippen LogP contribution in [0.15, 0.2) is 64.2 Å². The maximum atomic E-state index is 14.0. The van der Waals surface area contributed by atoms with E-state index in [1.165, 1.54) is 25.5 Å². The second kappa shape index (κ2) is 10.9. The molecule has 0 heterocycles. The van der Waals surface area contributed by atoms with Gasteiger partial charge in [-0.2, -0.15) is 15.6 Å². The average Bonchev–Trinajstić information content (AvgIpc) is 2.83. The van der Waals surface area contributed by atoms with Gasteiger partial charge in [0.2, 0.25) is 0 Å².